The Bertz CT molecular complexity index is 458. The maximum absolute atomic E-state index is 10.6. The molecule has 1 atom stereocenters. The Morgan fingerprint density at radius 1 is 1.06 bits per heavy atom. The lowest BCUT2D eigenvalue weighted by atomic mass is 9.87. The van der Waals surface area contributed by atoms with E-state index < -0.39 is 5.60 Å². The lowest BCUT2D eigenvalue weighted by Gasteiger charge is -2.27. The number of benzene rings is 1. The molecule has 0 aliphatic heterocycles. The van der Waals surface area contributed by atoms with Crippen LogP contribution in [-0.4, -0.2) is 16.6 Å². The maximum atomic E-state index is 10.6. The molecule has 17 heavy (non-hydrogen) atoms. The molecule has 1 aromatic heterocycles. The number of hydrogen-bond acceptors (Lipinski definition) is 3. The van der Waals surface area contributed by atoms with Crippen molar-refractivity contribution in [2.45, 2.75) is 12.0 Å². The van der Waals surface area contributed by atoms with Gasteiger partial charge in [0.05, 0.1) is 0 Å². The Labute approximate surface area is 101 Å². The Balaban J connectivity index is 2.27. The number of aliphatic hydroxyl groups is 1. The van der Waals surface area contributed by atoms with E-state index in [1.807, 2.05) is 42.5 Å². The molecule has 0 fully saturated rings. The van der Waals surface area contributed by atoms with E-state index in [1.54, 1.807) is 12.4 Å². The van der Waals surface area contributed by atoms with Crippen LogP contribution in [0.4, 0.5) is 0 Å². The lowest BCUT2D eigenvalue weighted by molar-refractivity contribution is 0.0462. The first-order valence-electron chi connectivity index (χ1n) is 5.61. The van der Waals surface area contributed by atoms with Crippen LogP contribution in [0.15, 0.2) is 54.9 Å². The van der Waals surface area contributed by atoms with Gasteiger partial charge in [0.15, 0.2) is 0 Å². The van der Waals surface area contributed by atoms with Gasteiger partial charge in [-0.2, -0.15) is 0 Å². The van der Waals surface area contributed by atoms with E-state index in [-0.39, 0.29) is 6.54 Å². The fourth-order valence-electron chi connectivity index (χ4n) is 1.88. The topological polar surface area (TPSA) is 59.1 Å². The second kappa shape index (κ2) is 5.08. The third-order valence-corrected chi connectivity index (χ3v) is 2.89. The number of aromatic nitrogens is 1. The van der Waals surface area contributed by atoms with Gasteiger partial charge in [-0.1, -0.05) is 30.3 Å². The summed E-state index contributed by atoms with van der Waals surface area (Å²) in [6.07, 6.45) is 3.94. The SMILES string of the molecule is NCC(O)(Cc1ccncc1)c1ccccc1. The van der Waals surface area contributed by atoms with Gasteiger partial charge in [0, 0.05) is 25.4 Å². The lowest BCUT2D eigenvalue weighted by Crippen LogP contribution is -2.37. The summed E-state index contributed by atoms with van der Waals surface area (Å²) in [6, 6.07) is 13.3. The fourth-order valence-corrected chi connectivity index (χ4v) is 1.88. The van der Waals surface area contributed by atoms with Gasteiger partial charge in [-0.15, -0.1) is 0 Å². The summed E-state index contributed by atoms with van der Waals surface area (Å²) in [7, 11) is 0. The van der Waals surface area contributed by atoms with Crippen molar-refractivity contribution in [3.05, 3.63) is 66.0 Å². The number of rotatable bonds is 4. The van der Waals surface area contributed by atoms with Crippen LogP contribution in [0.1, 0.15) is 11.1 Å². The molecule has 0 saturated carbocycles. The van der Waals surface area contributed by atoms with Crippen LogP contribution >= 0.6 is 0 Å². The van der Waals surface area contributed by atoms with Crippen LogP contribution in [0, 0.1) is 0 Å². The van der Waals surface area contributed by atoms with Crippen LogP contribution in [0.3, 0.4) is 0 Å². The highest BCUT2D eigenvalue weighted by Gasteiger charge is 2.27. The summed E-state index contributed by atoms with van der Waals surface area (Å²) in [6.45, 7) is 0.194. The van der Waals surface area contributed by atoms with Crippen molar-refractivity contribution in [3.63, 3.8) is 0 Å². The van der Waals surface area contributed by atoms with Gasteiger partial charge < -0.3 is 10.8 Å². The summed E-state index contributed by atoms with van der Waals surface area (Å²) in [5.41, 5.74) is 6.58. The standard InChI is InChI=1S/C14H16N2O/c15-11-14(17,13-4-2-1-3-5-13)10-12-6-8-16-9-7-12/h1-9,17H,10-11,15H2. The van der Waals surface area contributed by atoms with Gasteiger partial charge in [0.25, 0.3) is 0 Å². The predicted molar refractivity (Wildman–Crippen MR) is 67.3 cm³/mol. The molecule has 0 spiro atoms. The molecule has 0 saturated heterocycles. The summed E-state index contributed by atoms with van der Waals surface area (Å²) in [4.78, 5) is 3.96. The molecule has 3 heteroatoms. The zero-order valence-electron chi connectivity index (χ0n) is 9.58. The van der Waals surface area contributed by atoms with Crippen molar-refractivity contribution >= 4 is 0 Å². The van der Waals surface area contributed by atoms with Gasteiger partial charge >= 0.3 is 0 Å². The Morgan fingerprint density at radius 3 is 2.29 bits per heavy atom. The highest BCUT2D eigenvalue weighted by molar-refractivity contribution is 5.26. The van der Waals surface area contributed by atoms with Gasteiger partial charge in [-0.25, -0.2) is 0 Å². The summed E-state index contributed by atoms with van der Waals surface area (Å²) < 4.78 is 0. The molecule has 0 bridgehead atoms. The monoisotopic (exact) mass is 228 g/mol. The molecule has 0 radical (unpaired) electrons. The van der Waals surface area contributed by atoms with Gasteiger partial charge in [0.2, 0.25) is 0 Å². The van der Waals surface area contributed by atoms with Crippen molar-refractivity contribution in [3.8, 4) is 0 Å². The zero-order valence-corrected chi connectivity index (χ0v) is 9.58. The highest BCUT2D eigenvalue weighted by atomic mass is 16.3. The third kappa shape index (κ3) is 2.70. The van der Waals surface area contributed by atoms with E-state index in [0.717, 1.165) is 11.1 Å². The van der Waals surface area contributed by atoms with Crippen LogP contribution < -0.4 is 5.73 Å². The molecule has 0 aliphatic rings. The Hall–Kier alpha value is -1.71. The second-order valence-corrected chi connectivity index (χ2v) is 4.13. The Morgan fingerprint density at radius 2 is 1.71 bits per heavy atom. The highest BCUT2D eigenvalue weighted by Crippen LogP contribution is 2.24. The average Bonchev–Trinajstić information content (AvgIpc) is 2.41. The quantitative estimate of drug-likeness (QED) is 0.833. The second-order valence-electron chi connectivity index (χ2n) is 4.13. The maximum Gasteiger partial charge on any atom is 0.106 e. The van der Waals surface area contributed by atoms with E-state index in [2.05, 4.69) is 4.98 Å². The molecule has 1 unspecified atom stereocenters. The van der Waals surface area contributed by atoms with Crippen LogP contribution in [0.5, 0.6) is 0 Å². The Kier molecular flexibility index (Phi) is 3.52. The zero-order chi connectivity index (χ0) is 12.1. The molecule has 0 aliphatic carbocycles. The smallest absolute Gasteiger partial charge is 0.106 e. The number of nitrogens with two attached hydrogens (primary N) is 1. The molecule has 1 aromatic carbocycles. The van der Waals surface area contributed by atoms with Gasteiger partial charge in [-0.05, 0) is 23.3 Å². The normalized spacial score (nSPS) is 14.2. The number of hydrogen-bond donors (Lipinski definition) is 2. The van der Waals surface area contributed by atoms with Crippen LogP contribution in [0.2, 0.25) is 0 Å². The van der Waals surface area contributed by atoms with Crippen molar-refractivity contribution in [2.75, 3.05) is 6.54 Å². The van der Waals surface area contributed by atoms with Crippen molar-refractivity contribution < 1.29 is 5.11 Å². The van der Waals surface area contributed by atoms with E-state index in [9.17, 15) is 5.11 Å². The van der Waals surface area contributed by atoms with E-state index >= 15 is 0 Å². The van der Waals surface area contributed by atoms with Gasteiger partial charge in [0.1, 0.15) is 5.60 Å². The van der Waals surface area contributed by atoms with Crippen molar-refractivity contribution in [2.24, 2.45) is 5.73 Å². The predicted octanol–water partition coefficient (Wildman–Crippen LogP) is 1.47. The molecule has 0 amide bonds. The minimum Gasteiger partial charge on any atom is -0.383 e. The summed E-state index contributed by atoms with van der Waals surface area (Å²) in [5, 5.41) is 10.6. The molecule has 3 N–H and O–H groups in total. The molecular weight excluding hydrogens is 212 g/mol. The fraction of sp³-hybridized carbons (Fsp3) is 0.214. The van der Waals surface area contributed by atoms with Crippen molar-refractivity contribution in [1.82, 2.24) is 4.98 Å². The largest absolute Gasteiger partial charge is 0.383 e. The molecule has 3 nitrogen and oxygen atoms in total. The summed E-state index contributed by atoms with van der Waals surface area (Å²) >= 11 is 0. The number of nitrogens with zero attached hydrogens (tertiary/aromatic N) is 1. The van der Waals surface area contributed by atoms with E-state index in [4.69, 9.17) is 5.73 Å². The molecular formula is C14H16N2O. The minimum atomic E-state index is -1.01. The first kappa shape index (κ1) is 11.8. The summed E-state index contributed by atoms with van der Waals surface area (Å²) in [5.74, 6) is 0. The van der Waals surface area contributed by atoms with Crippen LogP contribution in [0.25, 0.3) is 0 Å². The first-order valence-corrected chi connectivity index (χ1v) is 5.61. The minimum absolute atomic E-state index is 0.194. The molecule has 2 aromatic rings. The third-order valence-electron chi connectivity index (χ3n) is 2.89. The average molecular weight is 228 g/mol. The number of pyridine rings is 1. The molecule has 1 heterocycles. The molecule has 2 rings (SSSR count). The van der Waals surface area contributed by atoms with Gasteiger partial charge in [-0.3, -0.25) is 4.98 Å². The first-order chi connectivity index (χ1) is 8.24. The van der Waals surface area contributed by atoms with E-state index in [0.29, 0.717) is 6.42 Å². The van der Waals surface area contributed by atoms with Crippen molar-refractivity contribution in [1.29, 1.82) is 0 Å². The van der Waals surface area contributed by atoms with Crippen LogP contribution in [-0.2, 0) is 12.0 Å². The van der Waals surface area contributed by atoms with E-state index in [1.165, 1.54) is 0 Å². The molecule has 88 valence electrons.